The number of carbonyl (C=O) groups excluding carboxylic acids is 2. The van der Waals surface area contributed by atoms with E-state index >= 15 is 0 Å². The lowest BCUT2D eigenvalue weighted by atomic mass is 10.2. The number of amides is 1. The molecule has 1 aromatic carbocycles. The maximum atomic E-state index is 12.5. The van der Waals surface area contributed by atoms with Crippen molar-refractivity contribution in [1.29, 1.82) is 0 Å². The highest BCUT2D eigenvalue weighted by molar-refractivity contribution is 6.32. The molecule has 2 aromatic rings. The molecule has 1 fully saturated rings. The van der Waals surface area contributed by atoms with E-state index in [0.717, 1.165) is 13.1 Å². The lowest BCUT2D eigenvalue weighted by molar-refractivity contribution is 0.0595. The Morgan fingerprint density at radius 3 is 2.41 bits per heavy atom. The van der Waals surface area contributed by atoms with Crippen LogP contribution in [0.5, 0.6) is 0 Å². The highest BCUT2D eigenvalue weighted by Crippen LogP contribution is 2.27. The van der Waals surface area contributed by atoms with E-state index in [1.165, 1.54) is 7.11 Å². The van der Waals surface area contributed by atoms with Crippen molar-refractivity contribution >= 4 is 35.1 Å². The van der Waals surface area contributed by atoms with E-state index < -0.39 is 11.9 Å². The smallest absolute Gasteiger partial charge is 0.360 e. The van der Waals surface area contributed by atoms with E-state index in [2.05, 4.69) is 20.2 Å². The molecule has 1 amide bonds. The van der Waals surface area contributed by atoms with Crippen molar-refractivity contribution in [2.45, 2.75) is 0 Å². The summed E-state index contributed by atoms with van der Waals surface area (Å²) in [6.07, 6.45) is 0. The molecule has 0 radical (unpaired) electrons. The van der Waals surface area contributed by atoms with Crippen LogP contribution in [0, 0.1) is 0 Å². The van der Waals surface area contributed by atoms with Gasteiger partial charge >= 0.3 is 5.97 Å². The molecule has 142 valence electrons. The predicted octanol–water partition coefficient (Wildman–Crippen LogP) is 1.92. The third-order valence-corrected chi connectivity index (χ3v) is 4.54. The number of halogens is 1. The molecule has 0 unspecified atom stereocenters. The summed E-state index contributed by atoms with van der Waals surface area (Å²) in [5, 5.41) is 2.74. The van der Waals surface area contributed by atoms with Crippen LogP contribution in [-0.4, -0.2) is 67.1 Å². The maximum Gasteiger partial charge on any atom is 0.360 e. The summed E-state index contributed by atoms with van der Waals surface area (Å²) in [4.78, 5) is 37.3. The monoisotopic (exact) mass is 389 g/mol. The quantitative estimate of drug-likeness (QED) is 0.799. The zero-order valence-electron chi connectivity index (χ0n) is 15.1. The maximum absolute atomic E-state index is 12.5. The summed E-state index contributed by atoms with van der Waals surface area (Å²) in [5.74, 6) is -0.672. The molecule has 1 saturated heterocycles. The van der Waals surface area contributed by atoms with Crippen LogP contribution in [0.25, 0.3) is 0 Å². The first-order valence-corrected chi connectivity index (χ1v) is 8.83. The first-order chi connectivity index (χ1) is 13.0. The zero-order valence-corrected chi connectivity index (χ0v) is 15.9. The van der Waals surface area contributed by atoms with Gasteiger partial charge in [-0.05, 0) is 19.2 Å². The number of likely N-dealkylation sites (N-methyl/N-ethyl adjacent to an activating group) is 1. The van der Waals surface area contributed by atoms with Gasteiger partial charge in [-0.25, -0.2) is 14.8 Å². The van der Waals surface area contributed by atoms with Crippen LogP contribution in [0.4, 0.5) is 11.6 Å². The number of hydrogen-bond donors (Lipinski definition) is 1. The van der Waals surface area contributed by atoms with Gasteiger partial charge in [0.25, 0.3) is 5.91 Å². The lowest BCUT2D eigenvalue weighted by Crippen LogP contribution is -2.45. The van der Waals surface area contributed by atoms with Crippen molar-refractivity contribution < 1.29 is 14.3 Å². The summed E-state index contributed by atoms with van der Waals surface area (Å²) in [6, 6.07) is 8.64. The van der Waals surface area contributed by atoms with Crippen LogP contribution in [0.1, 0.15) is 20.8 Å². The van der Waals surface area contributed by atoms with E-state index in [-0.39, 0.29) is 16.7 Å². The molecule has 9 heteroatoms. The van der Waals surface area contributed by atoms with Gasteiger partial charge in [-0.1, -0.05) is 29.8 Å². The highest BCUT2D eigenvalue weighted by atomic mass is 35.5. The summed E-state index contributed by atoms with van der Waals surface area (Å²) >= 11 is 6.28. The van der Waals surface area contributed by atoms with Gasteiger partial charge in [0, 0.05) is 31.7 Å². The molecule has 0 aliphatic carbocycles. The molecule has 0 bridgehead atoms. The van der Waals surface area contributed by atoms with Crippen LogP contribution in [0.15, 0.2) is 30.3 Å². The second-order valence-electron chi connectivity index (χ2n) is 6.14. The van der Waals surface area contributed by atoms with Crippen molar-refractivity contribution in [1.82, 2.24) is 14.9 Å². The molecule has 27 heavy (non-hydrogen) atoms. The van der Waals surface area contributed by atoms with Gasteiger partial charge in [-0.15, -0.1) is 0 Å². The van der Waals surface area contributed by atoms with E-state index in [9.17, 15) is 9.59 Å². The van der Waals surface area contributed by atoms with Crippen LogP contribution < -0.4 is 10.2 Å². The number of piperazine rings is 1. The van der Waals surface area contributed by atoms with E-state index in [1.54, 1.807) is 24.3 Å². The number of nitrogens with one attached hydrogen (secondary N) is 1. The van der Waals surface area contributed by atoms with Crippen LogP contribution in [0.3, 0.4) is 0 Å². The third-order valence-electron chi connectivity index (χ3n) is 4.29. The Morgan fingerprint density at radius 1 is 1.11 bits per heavy atom. The number of rotatable bonds is 4. The summed E-state index contributed by atoms with van der Waals surface area (Å²) < 4.78 is 4.75. The Balaban J connectivity index is 1.95. The Kier molecular flexibility index (Phi) is 5.88. The van der Waals surface area contributed by atoms with Gasteiger partial charge in [0.2, 0.25) is 0 Å². The van der Waals surface area contributed by atoms with Crippen molar-refractivity contribution in [2.24, 2.45) is 0 Å². The molecule has 8 nitrogen and oxygen atoms in total. The molecule has 1 aliphatic rings. The third kappa shape index (κ3) is 4.35. The molecule has 0 saturated carbocycles. The van der Waals surface area contributed by atoms with Gasteiger partial charge in [0.15, 0.2) is 22.5 Å². The van der Waals surface area contributed by atoms with Crippen LogP contribution >= 0.6 is 11.6 Å². The number of methoxy groups -OCH3 is 1. The Hall–Kier alpha value is -2.71. The van der Waals surface area contributed by atoms with Crippen LogP contribution in [0.2, 0.25) is 5.15 Å². The molecular weight excluding hydrogens is 370 g/mol. The van der Waals surface area contributed by atoms with E-state index in [0.29, 0.717) is 24.5 Å². The van der Waals surface area contributed by atoms with Crippen molar-refractivity contribution in [3.63, 3.8) is 0 Å². The molecule has 1 aliphatic heterocycles. The zero-order chi connectivity index (χ0) is 19.4. The fraction of sp³-hybridized carbons (Fsp3) is 0.333. The van der Waals surface area contributed by atoms with Gasteiger partial charge in [-0.2, -0.15) is 0 Å². The highest BCUT2D eigenvalue weighted by Gasteiger charge is 2.25. The number of ether oxygens (including phenoxy) is 1. The average molecular weight is 390 g/mol. The molecule has 1 N–H and O–H groups in total. The van der Waals surface area contributed by atoms with Crippen molar-refractivity contribution in [2.75, 3.05) is 50.6 Å². The number of nitrogens with zero attached hydrogens (tertiary/aromatic N) is 4. The molecule has 0 spiro atoms. The van der Waals surface area contributed by atoms with Gasteiger partial charge in [0.05, 0.1) is 7.11 Å². The number of aromatic nitrogens is 2. The Labute approximate surface area is 162 Å². The number of hydrogen-bond acceptors (Lipinski definition) is 7. The fourth-order valence-corrected chi connectivity index (χ4v) is 2.97. The second-order valence-corrected chi connectivity index (χ2v) is 6.50. The normalized spacial score (nSPS) is 14.7. The topological polar surface area (TPSA) is 87.7 Å². The largest absolute Gasteiger partial charge is 0.464 e. The first-order valence-electron chi connectivity index (χ1n) is 8.45. The Bertz CT molecular complexity index is 838. The van der Waals surface area contributed by atoms with Gasteiger partial charge in [-0.3, -0.25) is 4.79 Å². The number of esters is 1. The minimum absolute atomic E-state index is 0.0223. The average Bonchev–Trinajstić information content (AvgIpc) is 2.69. The number of anilines is 2. The number of carbonyl (C=O) groups is 2. The molecule has 1 aromatic heterocycles. The minimum atomic E-state index is -0.724. The van der Waals surface area contributed by atoms with Crippen molar-refractivity contribution in [3.8, 4) is 0 Å². The summed E-state index contributed by atoms with van der Waals surface area (Å²) in [5.41, 5.74) is 0.302. The minimum Gasteiger partial charge on any atom is -0.464 e. The Morgan fingerprint density at radius 2 is 1.78 bits per heavy atom. The SMILES string of the molecule is COC(=O)c1nc(Cl)c(N2CCN(C)CC2)nc1NC(=O)c1ccccc1. The summed E-state index contributed by atoms with van der Waals surface area (Å²) in [6.45, 7) is 3.13. The van der Waals surface area contributed by atoms with Crippen LogP contribution in [-0.2, 0) is 4.74 Å². The summed E-state index contributed by atoms with van der Waals surface area (Å²) in [7, 11) is 3.27. The fourth-order valence-electron chi connectivity index (χ4n) is 2.72. The molecule has 2 heterocycles. The second kappa shape index (κ2) is 8.32. The molecular formula is C18H20ClN5O3. The van der Waals surface area contributed by atoms with Gasteiger partial charge in [0.1, 0.15) is 0 Å². The van der Waals surface area contributed by atoms with Gasteiger partial charge < -0.3 is 19.9 Å². The number of benzene rings is 1. The first kappa shape index (κ1) is 19.1. The standard InChI is InChI=1S/C18H20ClN5O3/c1-23-8-10-24(11-9-23)16-14(19)20-13(18(26)27-2)15(21-16)22-17(25)12-6-4-3-5-7-12/h3-7H,8-11H2,1-2H3,(H,21,22,25). The van der Waals surface area contributed by atoms with E-state index in [1.807, 2.05) is 18.0 Å². The molecule has 3 rings (SSSR count). The molecule has 0 atom stereocenters. The predicted molar refractivity (Wildman–Crippen MR) is 102 cm³/mol. The van der Waals surface area contributed by atoms with E-state index in [4.69, 9.17) is 16.3 Å². The lowest BCUT2D eigenvalue weighted by Gasteiger charge is -2.33. The van der Waals surface area contributed by atoms with Crippen molar-refractivity contribution in [3.05, 3.63) is 46.7 Å².